The molecule has 0 spiro atoms. The zero-order chi connectivity index (χ0) is 14.3. The Morgan fingerprint density at radius 1 is 1.11 bits per heavy atom. The summed E-state index contributed by atoms with van der Waals surface area (Å²) in [4.78, 5) is 0. The quantitative estimate of drug-likeness (QED) is 0.534. The van der Waals surface area contributed by atoms with Crippen LogP contribution in [0.25, 0.3) is 5.57 Å². The van der Waals surface area contributed by atoms with E-state index in [0.717, 1.165) is 25.2 Å². The van der Waals surface area contributed by atoms with Crippen LogP contribution >= 0.6 is 0 Å². The summed E-state index contributed by atoms with van der Waals surface area (Å²) >= 11 is 0. The molecule has 0 amide bonds. The number of allylic oxidation sites excluding steroid dienone is 4. The number of rotatable bonds is 6. The number of hydrogen-bond donors (Lipinski definition) is 0. The number of aryl methyl sites for hydroxylation is 1. The molecule has 0 aliphatic rings. The highest BCUT2D eigenvalue weighted by Gasteiger charge is 2.03. The molecule has 0 N–H and O–H groups in total. The third-order valence-electron chi connectivity index (χ3n) is 3.28. The van der Waals surface area contributed by atoms with Crippen molar-refractivity contribution in [3.63, 3.8) is 0 Å². The van der Waals surface area contributed by atoms with Crippen LogP contribution in [0.3, 0.4) is 0 Å². The van der Waals surface area contributed by atoms with E-state index in [2.05, 4.69) is 71.0 Å². The van der Waals surface area contributed by atoms with Gasteiger partial charge in [0, 0.05) is 0 Å². The number of benzene rings is 1. The van der Waals surface area contributed by atoms with Gasteiger partial charge in [-0.05, 0) is 50.2 Å². The SMILES string of the molecule is CC/C=C(\C)C/C(=C/CC(C)C)c1ccc(C)cc1. The first kappa shape index (κ1) is 15.8. The first-order chi connectivity index (χ1) is 9.02. The standard InChI is InChI=1S/C19H28/c1-6-7-17(5)14-19(11-8-15(2)3)18-12-9-16(4)10-13-18/h7,9-13,15H,6,8,14H2,1-5H3/b17-7+,19-11-. The summed E-state index contributed by atoms with van der Waals surface area (Å²) in [7, 11) is 0. The minimum atomic E-state index is 0.718. The zero-order valence-electron chi connectivity index (χ0n) is 13.2. The Labute approximate surface area is 119 Å². The molecule has 0 saturated carbocycles. The molecule has 0 bridgehead atoms. The van der Waals surface area contributed by atoms with Gasteiger partial charge in [0.1, 0.15) is 0 Å². The van der Waals surface area contributed by atoms with E-state index < -0.39 is 0 Å². The van der Waals surface area contributed by atoms with Crippen molar-refractivity contribution in [2.45, 2.75) is 53.9 Å². The molecule has 0 saturated heterocycles. The van der Waals surface area contributed by atoms with E-state index in [-0.39, 0.29) is 0 Å². The molecule has 1 aromatic carbocycles. The van der Waals surface area contributed by atoms with Gasteiger partial charge in [-0.25, -0.2) is 0 Å². The minimum Gasteiger partial charge on any atom is -0.0855 e. The van der Waals surface area contributed by atoms with E-state index >= 15 is 0 Å². The molecule has 0 atom stereocenters. The third-order valence-corrected chi connectivity index (χ3v) is 3.28. The highest BCUT2D eigenvalue weighted by Crippen LogP contribution is 2.24. The molecular formula is C19H28. The zero-order valence-corrected chi connectivity index (χ0v) is 13.2. The van der Waals surface area contributed by atoms with Crippen LogP contribution in [0.1, 0.15) is 58.1 Å². The first-order valence-electron chi connectivity index (χ1n) is 7.44. The van der Waals surface area contributed by atoms with Crippen LogP contribution in [0.5, 0.6) is 0 Å². The van der Waals surface area contributed by atoms with Gasteiger partial charge in [-0.3, -0.25) is 0 Å². The van der Waals surface area contributed by atoms with Gasteiger partial charge in [0.15, 0.2) is 0 Å². The molecule has 0 aliphatic heterocycles. The van der Waals surface area contributed by atoms with Crippen molar-refractivity contribution in [1.29, 1.82) is 0 Å². The number of hydrogen-bond acceptors (Lipinski definition) is 0. The highest BCUT2D eigenvalue weighted by atomic mass is 14.1. The van der Waals surface area contributed by atoms with Crippen molar-refractivity contribution in [1.82, 2.24) is 0 Å². The van der Waals surface area contributed by atoms with Gasteiger partial charge in [-0.1, -0.05) is 68.3 Å². The lowest BCUT2D eigenvalue weighted by Gasteiger charge is -2.10. The fourth-order valence-electron chi connectivity index (χ4n) is 2.16. The smallest absolute Gasteiger partial charge is 0.00671 e. The van der Waals surface area contributed by atoms with Gasteiger partial charge in [0.2, 0.25) is 0 Å². The second-order valence-electron chi connectivity index (χ2n) is 5.86. The molecule has 0 unspecified atom stereocenters. The second kappa shape index (κ2) is 7.99. The average Bonchev–Trinajstić information content (AvgIpc) is 2.35. The van der Waals surface area contributed by atoms with Crippen molar-refractivity contribution >= 4 is 5.57 Å². The van der Waals surface area contributed by atoms with E-state index in [9.17, 15) is 0 Å². The Bertz CT molecular complexity index is 430. The maximum Gasteiger partial charge on any atom is -0.00671 e. The van der Waals surface area contributed by atoms with Crippen molar-refractivity contribution in [3.05, 3.63) is 53.1 Å². The van der Waals surface area contributed by atoms with E-state index in [4.69, 9.17) is 0 Å². The fourth-order valence-corrected chi connectivity index (χ4v) is 2.16. The molecule has 0 nitrogen and oxygen atoms in total. The van der Waals surface area contributed by atoms with Crippen molar-refractivity contribution in [2.75, 3.05) is 0 Å². The van der Waals surface area contributed by atoms with Crippen LogP contribution in [0, 0.1) is 12.8 Å². The summed E-state index contributed by atoms with van der Waals surface area (Å²) in [6.45, 7) is 11.1. The van der Waals surface area contributed by atoms with Crippen molar-refractivity contribution in [3.8, 4) is 0 Å². The lowest BCUT2D eigenvalue weighted by molar-refractivity contribution is 0.664. The topological polar surface area (TPSA) is 0 Å². The Morgan fingerprint density at radius 3 is 2.26 bits per heavy atom. The van der Waals surface area contributed by atoms with Gasteiger partial charge >= 0.3 is 0 Å². The molecule has 0 aliphatic carbocycles. The maximum absolute atomic E-state index is 2.42. The molecule has 104 valence electrons. The largest absolute Gasteiger partial charge is 0.0855 e. The maximum atomic E-state index is 2.42. The highest BCUT2D eigenvalue weighted by molar-refractivity contribution is 5.67. The summed E-state index contributed by atoms with van der Waals surface area (Å²) in [5.74, 6) is 0.718. The summed E-state index contributed by atoms with van der Waals surface area (Å²) in [5.41, 5.74) is 5.64. The van der Waals surface area contributed by atoms with Crippen LogP contribution in [0.2, 0.25) is 0 Å². The van der Waals surface area contributed by atoms with Crippen molar-refractivity contribution < 1.29 is 0 Å². The first-order valence-corrected chi connectivity index (χ1v) is 7.44. The predicted octanol–water partition coefficient (Wildman–Crippen LogP) is 6.17. The van der Waals surface area contributed by atoms with E-state index in [0.29, 0.717) is 0 Å². The van der Waals surface area contributed by atoms with E-state index in [1.807, 2.05) is 0 Å². The Balaban J connectivity index is 2.95. The second-order valence-corrected chi connectivity index (χ2v) is 5.86. The Morgan fingerprint density at radius 2 is 1.74 bits per heavy atom. The molecule has 0 heteroatoms. The molecule has 19 heavy (non-hydrogen) atoms. The van der Waals surface area contributed by atoms with Gasteiger partial charge in [-0.2, -0.15) is 0 Å². The third kappa shape index (κ3) is 5.92. The molecule has 1 aromatic rings. The summed E-state index contributed by atoms with van der Waals surface area (Å²) in [6.07, 6.45) is 8.10. The average molecular weight is 256 g/mol. The molecule has 0 fully saturated rings. The fraction of sp³-hybridized carbons (Fsp3) is 0.474. The molecule has 0 radical (unpaired) electrons. The molecular weight excluding hydrogens is 228 g/mol. The molecule has 0 heterocycles. The van der Waals surface area contributed by atoms with Crippen LogP contribution in [0.4, 0.5) is 0 Å². The Hall–Kier alpha value is -1.30. The lowest BCUT2D eigenvalue weighted by Crippen LogP contribution is -1.90. The molecule has 1 rings (SSSR count). The van der Waals surface area contributed by atoms with E-state index in [1.165, 1.54) is 22.3 Å². The molecule has 0 aromatic heterocycles. The normalized spacial score (nSPS) is 13.2. The van der Waals surface area contributed by atoms with E-state index in [1.54, 1.807) is 0 Å². The minimum absolute atomic E-state index is 0.718. The van der Waals surface area contributed by atoms with Crippen LogP contribution < -0.4 is 0 Å². The summed E-state index contributed by atoms with van der Waals surface area (Å²) in [6, 6.07) is 8.91. The van der Waals surface area contributed by atoms with Gasteiger partial charge < -0.3 is 0 Å². The summed E-state index contributed by atoms with van der Waals surface area (Å²) in [5, 5.41) is 0. The van der Waals surface area contributed by atoms with Crippen LogP contribution in [0.15, 0.2) is 42.0 Å². The summed E-state index contributed by atoms with van der Waals surface area (Å²) < 4.78 is 0. The van der Waals surface area contributed by atoms with Crippen LogP contribution in [-0.4, -0.2) is 0 Å². The lowest BCUT2D eigenvalue weighted by atomic mass is 9.95. The monoisotopic (exact) mass is 256 g/mol. The Kier molecular flexibility index (Phi) is 6.62. The predicted molar refractivity (Wildman–Crippen MR) is 87.3 cm³/mol. The van der Waals surface area contributed by atoms with Gasteiger partial charge in [0.25, 0.3) is 0 Å². The van der Waals surface area contributed by atoms with Crippen molar-refractivity contribution in [2.24, 2.45) is 5.92 Å². The van der Waals surface area contributed by atoms with Crippen LogP contribution in [-0.2, 0) is 0 Å². The van der Waals surface area contributed by atoms with Gasteiger partial charge in [-0.15, -0.1) is 0 Å². The van der Waals surface area contributed by atoms with Gasteiger partial charge in [0.05, 0.1) is 0 Å².